The highest BCUT2D eigenvalue weighted by Crippen LogP contribution is 2.39. The molecule has 2 rings (SSSR count). The third-order valence-electron chi connectivity index (χ3n) is 3.75. The lowest BCUT2D eigenvalue weighted by Gasteiger charge is -2.25. The molecule has 2 N–H and O–H groups in total. The van der Waals surface area contributed by atoms with E-state index >= 15 is 0 Å². The maximum Gasteiger partial charge on any atom is 0.220 e. The van der Waals surface area contributed by atoms with Gasteiger partial charge in [-0.15, -0.1) is 0 Å². The monoisotopic (exact) mass is 435 g/mol. The molecule has 1 aliphatic carbocycles. The number of Topliss-reactive ketones (excluding diaryl/α,β-unsaturated/α-hetero) is 1. The molecule has 0 aromatic carbocycles. The molecule has 122 valence electrons. The van der Waals surface area contributed by atoms with Gasteiger partial charge in [0.15, 0.2) is 6.29 Å². The fourth-order valence-electron chi connectivity index (χ4n) is 2.64. The minimum absolute atomic E-state index is 0.0869. The van der Waals surface area contributed by atoms with E-state index in [1.807, 2.05) is 0 Å². The minimum atomic E-state index is -1.10. The molecule has 1 spiro atoms. The van der Waals surface area contributed by atoms with Gasteiger partial charge in [-0.25, -0.2) is 0 Å². The number of carbonyl (C=O) groups excluding carboxylic acids is 2. The van der Waals surface area contributed by atoms with Crippen LogP contribution in [0.4, 0.5) is 0 Å². The van der Waals surface area contributed by atoms with E-state index in [4.69, 9.17) is 4.74 Å². The van der Waals surface area contributed by atoms with Crippen LogP contribution in [0.15, 0.2) is 21.1 Å². The van der Waals surface area contributed by atoms with Crippen LogP contribution < -0.4 is 5.32 Å². The predicted octanol–water partition coefficient (Wildman–Crippen LogP) is 2.67. The van der Waals surface area contributed by atoms with Crippen molar-refractivity contribution >= 4 is 43.6 Å². The molecule has 0 bridgehead atoms. The zero-order chi connectivity index (χ0) is 16.3. The van der Waals surface area contributed by atoms with Gasteiger partial charge in [-0.3, -0.25) is 9.59 Å². The third kappa shape index (κ3) is 4.07. The van der Waals surface area contributed by atoms with E-state index in [2.05, 4.69) is 44.1 Å². The number of allylic oxidation sites excluding steroid dienone is 2. The second-order valence-electron chi connectivity index (χ2n) is 5.61. The van der Waals surface area contributed by atoms with Gasteiger partial charge in [0.05, 0.1) is 15.0 Å². The summed E-state index contributed by atoms with van der Waals surface area (Å²) < 4.78 is 6.35. The van der Waals surface area contributed by atoms with Crippen LogP contribution in [0.5, 0.6) is 0 Å². The lowest BCUT2D eigenvalue weighted by atomic mass is 9.92. The first-order valence-corrected chi connectivity index (χ1v) is 8.92. The largest absolute Gasteiger partial charge is 0.366 e. The Hall–Kier alpha value is -0.500. The van der Waals surface area contributed by atoms with Crippen LogP contribution in [0.3, 0.4) is 0 Å². The van der Waals surface area contributed by atoms with E-state index in [0.717, 1.165) is 19.3 Å². The van der Waals surface area contributed by atoms with Crippen molar-refractivity contribution in [2.24, 2.45) is 0 Å². The first-order chi connectivity index (χ1) is 10.4. The van der Waals surface area contributed by atoms with Gasteiger partial charge in [0.25, 0.3) is 0 Å². The maximum absolute atomic E-state index is 11.9. The van der Waals surface area contributed by atoms with Crippen molar-refractivity contribution in [1.29, 1.82) is 0 Å². The number of amides is 1. The number of unbranched alkanes of at least 4 members (excludes halogenated alkanes) is 2. The van der Waals surface area contributed by atoms with Crippen LogP contribution in [0, 0.1) is 0 Å². The number of ketones is 1. The Morgan fingerprint density at radius 3 is 2.64 bits per heavy atom. The van der Waals surface area contributed by atoms with Crippen molar-refractivity contribution in [3.63, 3.8) is 0 Å². The highest BCUT2D eigenvalue weighted by molar-refractivity contribution is 9.13. The number of ether oxygens (including phenoxy) is 1. The Kier molecular flexibility index (Phi) is 5.99. The van der Waals surface area contributed by atoms with Gasteiger partial charge in [0, 0.05) is 12.8 Å². The molecule has 2 aliphatic rings. The fourth-order valence-corrected chi connectivity index (χ4v) is 4.11. The van der Waals surface area contributed by atoms with E-state index in [1.165, 1.54) is 0 Å². The molecule has 1 fully saturated rings. The standard InChI is InChI=1S/C15H19Br2NO4/c1-2-3-4-5-12(19)18-11-8-15(22-14(11)21)6-9(16)13(20)10(17)7-15/h6-7,11,14,21H,2-5,8H2,1H3,(H,18,19). The molecule has 0 radical (unpaired) electrons. The number of aliphatic hydroxyl groups is 1. The summed E-state index contributed by atoms with van der Waals surface area (Å²) in [5.41, 5.74) is -0.883. The minimum Gasteiger partial charge on any atom is -0.366 e. The predicted molar refractivity (Wildman–Crippen MR) is 89.5 cm³/mol. The number of hydrogen-bond acceptors (Lipinski definition) is 4. The molecule has 2 unspecified atom stereocenters. The van der Waals surface area contributed by atoms with Crippen LogP contribution >= 0.6 is 31.9 Å². The zero-order valence-electron chi connectivity index (χ0n) is 12.3. The van der Waals surface area contributed by atoms with Crippen LogP contribution in [-0.4, -0.2) is 34.7 Å². The van der Waals surface area contributed by atoms with Crippen molar-refractivity contribution < 1.29 is 19.4 Å². The Bertz CT molecular complexity index is 508. The Balaban J connectivity index is 2.00. The molecule has 2 atom stereocenters. The molecule has 1 aliphatic heterocycles. The number of carbonyl (C=O) groups is 2. The molecular formula is C15H19Br2NO4. The van der Waals surface area contributed by atoms with Gasteiger partial charge in [0.1, 0.15) is 5.60 Å². The Morgan fingerprint density at radius 1 is 1.41 bits per heavy atom. The summed E-state index contributed by atoms with van der Waals surface area (Å²) in [5.74, 6) is -0.258. The summed E-state index contributed by atoms with van der Waals surface area (Å²) in [5, 5.41) is 12.9. The van der Waals surface area contributed by atoms with Crippen LogP contribution in [0.1, 0.15) is 39.0 Å². The smallest absolute Gasteiger partial charge is 0.220 e. The Labute approximate surface area is 146 Å². The van der Waals surface area contributed by atoms with Crippen LogP contribution in [0.25, 0.3) is 0 Å². The van der Waals surface area contributed by atoms with Crippen molar-refractivity contribution in [3.8, 4) is 0 Å². The lowest BCUT2D eigenvalue weighted by molar-refractivity contribution is -0.129. The van der Waals surface area contributed by atoms with Gasteiger partial charge in [-0.2, -0.15) is 0 Å². The molecule has 5 nitrogen and oxygen atoms in total. The lowest BCUT2D eigenvalue weighted by Crippen LogP contribution is -2.40. The van der Waals surface area contributed by atoms with Crippen molar-refractivity contribution in [2.45, 2.75) is 57.0 Å². The molecule has 22 heavy (non-hydrogen) atoms. The average Bonchev–Trinajstić information content (AvgIpc) is 2.72. The summed E-state index contributed by atoms with van der Waals surface area (Å²) >= 11 is 6.41. The summed E-state index contributed by atoms with van der Waals surface area (Å²) in [6, 6.07) is -0.490. The van der Waals surface area contributed by atoms with Gasteiger partial charge in [0.2, 0.25) is 11.7 Å². The van der Waals surface area contributed by atoms with E-state index in [0.29, 0.717) is 21.8 Å². The number of hydrogen-bond donors (Lipinski definition) is 2. The summed E-state index contributed by atoms with van der Waals surface area (Å²) in [7, 11) is 0. The Morgan fingerprint density at radius 2 is 2.05 bits per heavy atom. The SMILES string of the molecule is CCCCCC(=O)NC1CC2(C=C(Br)C(=O)C(Br)=C2)OC1O. The summed E-state index contributed by atoms with van der Waals surface area (Å²) in [6.07, 6.45) is 5.89. The summed E-state index contributed by atoms with van der Waals surface area (Å²) in [4.78, 5) is 23.6. The van der Waals surface area contributed by atoms with Gasteiger partial charge < -0.3 is 15.2 Å². The quantitative estimate of drug-likeness (QED) is 0.649. The highest BCUT2D eigenvalue weighted by Gasteiger charge is 2.46. The fraction of sp³-hybridized carbons (Fsp3) is 0.600. The highest BCUT2D eigenvalue weighted by atomic mass is 79.9. The van der Waals surface area contributed by atoms with E-state index < -0.39 is 17.9 Å². The molecular weight excluding hydrogens is 418 g/mol. The van der Waals surface area contributed by atoms with E-state index in [9.17, 15) is 14.7 Å². The molecule has 0 saturated carbocycles. The summed E-state index contributed by atoms with van der Waals surface area (Å²) in [6.45, 7) is 2.08. The first kappa shape index (κ1) is 17.8. The third-order valence-corrected chi connectivity index (χ3v) is 4.93. The van der Waals surface area contributed by atoms with Crippen molar-refractivity contribution in [1.82, 2.24) is 5.32 Å². The average molecular weight is 437 g/mol. The molecule has 1 saturated heterocycles. The number of nitrogens with one attached hydrogen (secondary N) is 1. The topological polar surface area (TPSA) is 75.6 Å². The molecule has 1 amide bonds. The molecule has 0 aromatic heterocycles. The van der Waals surface area contributed by atoms with Crippen LogP contribution in [-0.2, 0) is 14.3 Å². The molecule has 0 aromatic rings. The van der Waals surface area contributed by atoms with Gasteiger partial charge in [-0.05, 0) is 50.4 Å². The number of halogens is 2. The zero-order valence-corrected chi connectivity index (χ0v) is 15.4. The van der Waals surface area contributed by atoms with Gasteiger partial charge in [-0.1, -0.05) is 19.8 Å². The van der Waals surface area contributed by atoms with Crippen molar-refractivity contribution in [3.05, 3.63) is 21.1 Å². The van der Waals surface area contributed by atoms with E-state index in [-0.39, 0.29) is 11.7 Å². The molecule has 1 heterocycles. The van der Waals surface area contributed by atoms with E-state index in [1.54, 1.807) is 12.2 Å². The van der Waals surface area contributed by atoms with Crippen LogP contribution in [0.2, 0.25) is 0 Å². The second-order valence-corrected chi connectivity index (χ2v) is 7.32. The normalized spacial score (nSPS) is 26.8. The van der Waals surface area contributed by atoms with Crippen molar-refractivity contribution in [2.75, 3.05) is 0 Å². The second kappa shape index (κ2) is 7.38. The maximum atomic E-state index is 11.9. The first-order valence-electron chi connectivity index (χ1n) is 7.33. The number of rotatable bonds is 5. The van der Waals surface area contributed by atoms with Gasteiger partial charge >= 0.3 is 0 Å². The molecule has 7 heteroatoms. The number of aliphatic hydroxyl groups excluding tert-OH is 1.